The largest absolute Gasteiger partial charge is 0.504 e. The van der Waals surface area contributed by atoms with Crippen molar-refractivity contribution in [2.75, 3.05) is 26.7 Å². The van der Waals surface area contributed by atoms with Crippen LogP contribution in [0.5, 0.6) is 11.5 Å². The van der Waals surface area contributed by atoms with Gasteiger partial charge in [-0.25, -0.2) is 4.99 Å². The number of amides is 1. The Morgan fingerprint density at radius 2 is 2.00 bits per heavy atom. The molecular weight excluding hydrogens is 332 g/mol. The Morgan fingerprint density at radius 3 is 2.58 bits per heavy atom. The highest BCUT2D eigenvalue weighted by Gasteiger charge is 2.16. The summed E-state index contributed by atoms with van der Waals surface area (Å²) >= 11 is 0. The van der Waals surface area contributed by atoms with Crippen LogP contribution < -0.4 is 15.4 Å². The average molecular weight is 364 g/mol. The molecule has 0 spiro atoms. The highest BCUT2D eigenvalue weighted by molar-refractivity contribution is 5.86. The zero-order valence-corrected chi connectivity index (χ0v) is 16.7. The third-order valence-corrected chi connectivity index (χ3v) is 3.33. The second-order valence-corrected chi connectivity index (χ2v) is 7.06. The van der Waals surface area contributed by atoms with Gasteiger partial charge in [-0.2, -0.15) is 0 Å². The number of likely N-dealkylation sites (N-methyl/N-ethyl adjacent to an activating group) is 1. The second-order valence-electron chi connectivity index (χ2n) is 7.06. The number of aromatic hydroxyl groups is 1. The molecule has 1 aromatic carbocycles. The smallest absolute Gasteiger partial charge is 0.240 e. The molecule has 0 fully saturated rings. The number of hydrogen-bond donors (Lipinski definition) is 3. The maximum Gasteiger partial charge on any atom is 0.240 e. The lowest BCUT2D eigenvalue weighted by molar-refractivity contribution is -0.122. The number of hydrogen-bond acceptors (Lipinski definition) is 4. The number of rotatable bonds is 7. The summed E-state index contributed by atoms with van der Waals surface area (Å²) in [6.45, 7) is 11.5. The molecule has 7 heteroatoms. The van der Waals surface area contributed by atoms with Crippen molar-refractivity contribution < 1.29 is 14.6 Å². The Kier molecular flexibility index (Phi) is 8.22. The molecule has 3 N–H and O–H groups in total. The van der Waals surface area contributed by atoms with Crippen molar-refractivity contribution in [3.8, 4) is 11.5 Å². The van der Waals surface area contributed by atoms with Crippen molar-refractivity contribution >= 4 is 11.9 Å². The minimum atomic E-state index is -0.269. The minimum Gasteiger partial charge on any atom is -0.504 e. The van der Waals surface area contributed by atoms with E-state index in [2.05, 4.69) is 15.6 Å². The van der Waals surface area contributed by atoms with Gasteiger partial charge in [0.1, 0.15) is 0 Å². The van der Waals surface area contributed by atoms with Crippen LogP contribution in [-0.4, -0.2) is 54.2 Å². The zero-order valence-electron chi connectivity index (χ0n) is 16.7. The summed E-state index contributed by atoms with van der Waals surface area (Å²) in [5, 5.41) is 15.9. The number of ether oxygens (including phenoxy) is 1. The van der Waals surface area contributed by atoms with E-state index in [0.29, 0.717) is 31.4 Å². The Hall–Kier alpha value is -2.44. The highest BCUT2D eigenvalue weighted by atomic mass is 16.5. The van der Waals surface area contributed by atoms with Crippen LogP contribution >= 0.6 is 0 Å². The van der Waals surface area contributed by atoms with E-state index in [-0.39, 0.29) is 23.7 Å². The van der Waals surface area contributed by atoms with E-state index in [4.69, 9.17) is 4.74 Å². The number of carbonyl (C=O) groups excluding carboxylic acids is 1. The first-order chi connectivity index (χ1) is 12.2. The fourth-order valence-electron chi connectivity index (χ4n) is 2.31. The second kappa shape index (κ2) is 9.89. The van der Waals surface area contributed by atoms with Gasteiger partial charge in [-0.3, -0.25) is 4.79 Å². The highest BCUT2D eigenvalue weighted by Crippen LogP contribution is 2.27. The SMILES string of the molecule is CCNC(=NCc1ccc(O)c(OCC)c1)N(C)CC(=O)NC(C)(C)C. The molecule has 1 rings (SSSR count). The Bertz CT molecular complexity index is 624. The van der Waals surface area contributed by atoms with Gasteiger partial charge in [0.2, 0.25) is 5.91 Å². The van der Waals surface area contributed by atoms with Crippen molar-refractivity contribution in [2.24, 2.45) is 4.99 Å². The van der Waals surface area contributed by atoms with Crippen molar-refractivity contribution in [3.05, 3.63) is 23.8 Å². The lowest BCUT2D eigenvalue weighted by Crippen LogP contribution is -2.48. The predicted octanol–water partition coefficient (Wildman–Crippen LogP) is 2.10. The number of carbonyl (C=O) groups is 1. The first kappa shape index (κ1) is 21.6. The number of aliphatic imine (C=N–C) groups is 1. The van der Waals surface area contributed by atoms with Gasteiger partial charge >= 0.3 is 0 Å². The summed E-state index contributed by atoms with van der Waals surface area (Å²) in [4.78, 5) is 18.5. The summed E-state index contributed by atoms with van der Waals surface area (Å²) in [6, 6.07) is 5.18. The van der Waals surface area contributed by atoms with Crippen LogP contribution in [0.25, 0.3) is 0 Å². The van der Waals surface area contributed by atoms with Crippen LogP contribution in [0, 0.1) is 0 Å². The molecule has 0 aliphatic carbocycles. The molecule has 1 aromatic rings. The topological polar surface area (TPSA) is 86.2 Å². The number of phenolic OH excluding ortho intramolecular Hbond substituents is 1. The van der Waals surface area contributed by atoms with E-state index in [1.165, 1.54) is 0 Å². The molecule has 0 aromatic heterocycles. The Morgan fingerprint density at radius 1 is 1.31 bits per heavy atom. The molecule has 0 bridgehead atoms. The summed E-state index contributed by atoms with van der Waals surface area (Å²) in [6.07, 6.45) is 0. The quantitative estimate of drug-likeness (QED) is 0.510. The van der Waals surface area contributed by atoms with Gasteiger partial charge in [0.15, 0.2) is 17.5 Å². The van der Waals surface area contributed by atoms with E-state index >= 15 is 0 Å². The molecule has 0 atom stereocenters. The minimum absolute atomic E-state index is 0.0612. The van der Waals surface area contributed by atoms with Crippen LogP contribution in [-0.2, 0) is 11.3 Å². The van der Waals surface area contributed by atoms with E-state index in [0.717, 1.165) is 5.56 Å². The number of benzene rings is 1. The van der Waals surface area contributed by atoms with Crippen LogP contribution in [0.3, 0.4) is 0 Å². The van der Waals surface area contributed by atoms with Gasteiger partial charge in [0.05, 0.1) is 19.7 Å². The van der Waals surface area contributed by atoms with Gasteiger partial charge in [0.25, 0.3) is 0 Å². The zero-order chi connectivity index (χ0) is 19.7. The molecule has 146 valence electrons. The van der Waals surface area contributed by atoms with Crippen molar-refractivity contribution in [1.29, 1.82) is 0 Å². The van der Waals surface area contributed by atoms with Crippen LogP contribution in [0.1, 0.15) is 40.2 Å². The number of nitrogens with one attached hydrogen (secondary N) is 2. The summed E-state index contributed by atoms with van der Waals surface area (Å²) < 4.78 is 5.40. The molecule has 26 heavy (non-hydrogen) atoms. The van der Waals surface area contributed by atoms with Crippen LogP contribution in [0.2, 0.25) is 0 Å². The Balaban J connectivity index is 2.82. The Labute approximate surface area is 156 Å². The summed E-state index contributed by atoms with van der Waals surface area (Å²) in [5.41, 5.74) is 0.643. The fourth-order valence-corrected chi connectivity index (χ4v) is 2.31. The summed E-state index contributed by atoms with van der Waals surface area (Å²) in [7, 11) is 1.83. The number of nitrogens with zero attached hydrogens (tertiary/aromatic N) is 2. The predicted molar refractivity (Wildman–Crippen MR) is 105 cm³/mol. The maximum atomic E-state index is 12.1. The molecule has 1 amide bonds. The van der Waals surface area contributed by atoms with Crippen molar-refractivity contribution in [1.82, 2.24) is 15.5 Å². The van der Waals surface area contributed by atoms with Gasteiger partial charge < -0.3 is 25.4 Å². The van der Waals surface area contributed by atoms with Gasteiger partial charge in [-0.05, 0) is 52.3 Å². The van der Waals surface area contributed by atoms with Gasteiger partial charge in [-0.15, -0.1) is 0 Å². The van der Waals surface area contributed by atoms with Gasteiger partial charge in [0, 0.05) is 19.1 Å². The molecule has 0 aliphatic heterocycles. The number of guanidine groups is 1. The molecule has 7 nitrogen and oxygen atoms in total. The van der Waals surface area contributed by atoms with E-state index in [9.17, 15) is 9.90 Å². The maximum absolute atomic E-state index is 12.1. The fraction of sp³-hybridized carbons (Fsp3) is 0.579. The first-order valence-electron chi connectivity index (χ1n) is 8.91. The first-order valence-corrected chi connectivity index (χ1v) is 8.91. The lowest BCUT2D eigenvalue weighted by Gasteiger charge is -2.25. The monoisotopic (exact) mass is 364 g/mol. The van der Waals surface area contributed by atoms with E-state index < -0.39 is 0 Å². The number of phenols is 1. The standard InChI is InChI=1S/C19H32N4O3/c1-7-20-18(23(6)13-17(25)22-19(3,4)5)21-12-14-9-10-15(24)16(11-14)26-8-2/h9-11,24H,7-8,12-13H2,1-6H3,(H,20,21)(H,22,25). The van der Waals surface area contributed by atoms with Crippen LogP contribution in [0.4, 0.5) is 0 Å². The van der Waals surface area contributed by atoms with Crippen molar-refractivity contribution in [2.45, 2.75) is 46.7 Å². The lowest BCUT2D eigenvalue weighted by atomic mass is 10.1. The third kappa shape index (κ3) is 7.63. The van der Waals surface area contributed by atoms with E-state index in [1.54, 1.807) is 23.1 Å². The molecule has 0 heterocycles. The normalized spacial score (nSPS) is 11.8. The molecule has 0 saturated carbocycles. The molecular formula is C19H32N4O3. The van der Waals surface area contributed by atoms with Crippen molar-refractivity contribution in [3.63, 3.8) is 0 Å². The molecule has 0 radical (unpaired) electrons. The van der Waals surface area contributed by atoms with Gasteiger partial charge in [-0.1, -0.05) is 6.07 Å². The van der Waals surface area contributed by atoms with E-state index in [1.807, 2.05) is 41.7 Å². The average Bonchev–Trinajstić information content (AvgIpc) is 2.52. The van der Waals surface area contributed by atoms with Crippen LogP contribution in [0.15, 0.2) is 23.2 Å². The summed E-state index contributed by atoms with van der Waals surface area (Å²) in [5.74, 6) is 1.14. The molecule has 0 saturated heterocycles. The molecule has 0 aliphatic rings. The third-order valence-electron chi connectivity index (χ3n) is 3.33. The molecule has 0 unspecified atom stereocenters.